The Morgan fingerprint density at radius 3 is 2.44 bits per heavy atom. The number of allylic oxidation sites excluding steroid dienone is 3. The first-order valence-electron chi connectivity index (χ1n) is 4.72. The third-order valence-electron chi connectivity index (χ3n) is 2.11. The van der Waals surface area contributed by atoms with E-state index in [2.05, 4.69) is 6.58 Å². The summed E-state index contributed by atoms with van der Waals surface area (Å²) >= 11 is 0. The van der Waals surface area contributed by atoms with Gasteiger partial charge in [-0.25, -0.2) is 0 Å². The van der Waals surface area contributed by atoms with Gasteiger partial charge in [-0.15, -0.1) is 0 Å². The second-order valence-electron chi connectivity index (χ2n) is 3.16. The first-order chi connectivity index (χ1) is 7.71. The summed E-state index contributed by atoms with van der Waals surface area (Å²) in [5.41, 5.74) is 2.25. The van der Waals surface area contributed by atoms with Crippen molar-refractivity contribution in [3.05, 3.63) is 53.8 Å². The van der Waals surface area contributed by atoms with E-state index in [1.807, 2.05) is 0 Å². The van der Waals surface area contributed by atoms with Gasteiger partial charge in [0.05, 0.1) is 13.3 Å². The van der Waals surface area contributed by atoms with E-state index in [0.29, 0.717) is 11.3 Å². The van der Waals surface area contributed by atoms with Gasteiger partial charge in [0, 0.05) is 5.56 Å². The summed E-state index contributed by atoms with van der Waals surface area (Å²) in [5.74, 6) is 0.435. The van der Waals surface area contributed by atoms with Crippen molar-refractivity contribution in [1.29, 1.82) is 5.41 Å². The number of ether oxygens (including phenoxy) is 1. The Hall–Kier alpha value is -2.16. The molecule has 0 amide bonds. The number of benzene rings is 1. The maximum Gasteiger partial charge on any atom is 0.150 e. The number of hydrogen-bond acceptors (Lipinski definition) is 3. The van der Waals surface area contributed by atoms with E-state index in [1.54, 1.807) is 30.3 Å². The Morgan fingerprint density at radius 1 is 1.38 bits per heavy atom. The number of methoxy groups -OCH3 is 1. The standard InChI is InChI=1S/C13H13NO2/c1-10(7-13(8-14)16-2)12-5-3-11(9-15)4-6-12/h3-9,14H,1H2,2H3/b13-7+,14-8?. The van der Waals surface area contributed by atoms with Crippen molar-refractivity contribution in [2.24, 2.45) is 0 Å². The third kappa shape index (κ3) is 2.92. The van der Waals surface area contributed by atoms with Gasteiger partial charge < -0.3 is 10.1 Å². The van der Waals surface area contributed by atoms with Crippen molar-refractivity contribution in [2.45, 2.75) is 0 Å². The van der Waals surface area contributed by atoms with Gasteiger partial charge in [0.25, 0.3) is 0 Å². The molecule has 0 radical (unpaired) electrons. The Labute approximate surface area is 94.6 Å². The summed E-state index contributed by atoms with van der Waals surface area (Å²) in [7, 11) is 1.50. The first kappa shape index (κ1) is 11.9. The molecule has 0 saturated heterocycles. The normalized spacial score (nSPS) is 10.7. The number of carbonyl (C=O) groups excluding carboxylic acids is 1. The van der Waals surface area contributed by atoms with Gasteiger partial charge in [0.2, 0.25) is 0 Å². The number of hydrogen-bond donors (Lipinski definition) is 1. The number of nitrogens with one attached hydrogen (secondary N) is 1. The van der Waals surface area contributed by atoms with Crippen LogP contribution >= 0.6 is 0 Å². The van der Waals surface area contributed by atoms with Crippen molar-refractivity contribution in [3.63, 3.8) is 0 Å². The molecule has 0 atom stereocenters. The molecule has 1 aromatic carbocycles. The van der Waals surface area contributed by atoms with Crippen LogP contribution < -0.4 is 0 Å². The summed E-state index contributed by atoms with van der Waals surface area (Å²) < 4.78 is 4.94. The van der Waals surface area contributed by atoms with E-state index in [0.717, 1.165) is 23.6 Å². The monoisotopic (exact) mass is 215 g/mol. The molecule has 1 rings (SSSR count). The number of carbonyl (C=O) groups is 1. The molecule has 3 nitrogen and oxygen atoms in total. The van der Waals surface area contributed by atoms with Crippen LogP contribution in [0.4, 0.5) is 0 Å². The average Bonchev–Trinajstić information content (AvgIpc) is 2.35. The number of rotatable bonds is 5. The SMILES string of the molecule is C=C(/C=C(\C=N)OC)c1ccc(C=O)cc1. The summed E-state index contributed by atoms with van der Waals surface area (Å²) in [6, 6.07) is 7.05. The minimum atomic E-state index is 0.435. The van der Waals surface area contributed by atoms with Crippen LogP contribution in [0.2, 0.25) is 0 Å². The van der Waals surface area contributed by atoms with Crippen molar-refractivity contribution < 1.29 is 9.53 Å². The highest BCUT2D eigenvalue weighted by Gasteiger charge is 1.98. The van der Waals surface area contributed by atoms with Crippen LogP contribution in [0, 0.1) is 5.41 Å². The van der Waals surface area contributed by atoms with E-state index in [4.69, 9.17) is 10.1 Å². The summed E-state index contributed by atoms with van der Waals surface area (Å²) in [4.78, 5) is 10.5. The molecule has 0 fully saturated rings. The fourth-order valence-corrected chi connectivity index (χ4v) is 1.19. The molecule has 0 unspecified atom stereocenters. The van der Waals surface area contributed by atoms with Crippen LogP contribution in [-0.4, -0.2) is 19.6 Å². The molecule has 0 aliphatic heterocycles. The lowest BCUT2D eigenvalue weighted by atomic mass is 10.1. The molecule has 0 bridgehead atoms. The Kier molecular flexibility index (Phi) is 4.21. The van der Waals surface area contributed by atoms with Crippen LogP contribution in [0.5, 0.6) is 0 Å². The lowest BCUT2D eigenvalue weighted by Crippen LogP contribution is -1.89. The largest absolute Gasteiger partial charge is 0.495 e. The summed E-state index contributed by atoms with van der Waals surface area (Å²) in [6.07, 6.45) is 3.58. The van der Waals surface area contributed by atoms with Gasteiger partial charge >= 0.3 is 0 Å². The molecule has 0 heterocycles. The third-order valence-corrected chi connectivity index (χ3v) is 2.11. The highest BCUT2D eigenvalue weighted by molar-refractivity contribution is 5.83. The van der Waals surface area contributed by atoms with Crippen molar-refractivity contribution in [1.82, 2.24) is 0 Å². The molecule has 82 valence electrons. The van der Waals surface area contributed by atoms with Crippen LogP contribution in [0.3, 0.4) is 0 Å². The molecule has 0 aliphatic carbocycles. The molecule has 0 saturated carbocycles. The van der Waals surface area contributed by atoms with Crippen molar-refractivity contribution in [3.8, 4) is 0 Å². The van der Waals surface area contributed by atoms with Gasteiger partial charge in [-0.3, -0.25) is 4.79 Å². The molecule has 1 aromatic rings. The molecule has 3 heteroatoms. The highest BCUT2D eigenvalue weighted by atomic mass is 16.5. The maximum absolute atomic E-state index is 10.5. The van der Waals surface area contributed by atoms with Crippen LogP contribution in [0.15, 0.2) is 42.7 Å². The second-order valence-corrected chi connectivity index (χ2v) is 3.16. The molecule has 16 heavy (non-hydrogen) atoms. The van der Waals surface area contributed by atoms with E-state index in [1.165, 1.54) is 7.11 Å². The van der Waals surface area contributed by atoms with Gasteiger partial charge in [-0.05, 0) is 17.2 Å². The van der Waals surface area contributed by atoms with Gasteiger partial charge in [0.1, 0.15) is 12.0 Å². The molecule has 0 aliphatic rings. The highest BCUT2D eigenvalue weighted by Crippen LogP contribution is 2.15. The fraction of sp³-hybridized carbons (Fsp3) is 0.0769. The predicted molar refractivity (Wildman–Crippen MR) is 64.7 cm³/mol. The van der Waals surface area contributed by atoms with Crippen LogP contribution in [-0.2, 0) is 4.74 Å². The van der Waals surface area contributed by atoms with Crippen LogP contribution in [0.25, 0.3) is 5.57 Å². The van der Waals surface area contributed by atoms with Gasteiger partial charge in [-0.2, -0.15) is 0 Å². The second kappa shape index (κ2) is 5.66. The van der Waals surface area contributed by atoms with E-state index >= 15 is 0 Å². The molecule has 1 N–H and O–H groups in total. The van der Waals surface area contributed by atoms with Crippen molar-refractivity contribution in [2.75, 3.05) is 7.11 Å². The predicted octanol–water partition coefficient (Wildman–Crippen LogP) is 2.69. The van der Waals surface area contributed by atoms with Gasteiger partial charge in [0.15, 0.2) is 0 Å². The quantitative estimate of drug-likeness (QED) is 0.355. The first-order valence-corrected chi connectivity index (χ1v) is 4.72. The average molecular weight is 215 g/mol. The Balaban J connectivity index is 2.92. The van der Waals surface area contributed by atoms with E-state index in [-0.39, 0.29) is 0 Å². The lowest BCUT2D eigenvalue weighted by molar-refractivity contribution is 0.112. The molecular weight excluding hydrogens is 202 g/mol. The maximum atomic E-state index is 10.5. The molecular formula is C13H13NO2. The fourth-order valence-electron chi connectivity index (χ4n) is 1.19. The summed E-state index contributed by atoms with van der Waals surface area (Å²) in [5, 5.41) is 7.07. The molecule has 0 aromatic heterocycles. The van der Waals surface area contributed by atoms with Crippen molar-refractivity contribution >= 4 is 18.1 Å². The Bertz CT molecular complexity index is 430. The zero-order chi connectivity index (χ0) is 12.0. The van der Waals surface area contributed by atoms with Gasteiger partial charge in [-0.1, -0.05) is 30.8 Å². The zero-order valence-corrected chi connectivity index (χ0v) is 9.07. The van der Waals surface area contributed by atoms with Crippen LogP contribution in [0.1, 0.15) is 15.9 Å². The minimum absolute atomic E-state index is 0.435. The van der Waals surface area contributed by atoms with E-state index < -0.39 is 0 Å². The summed E-state index contributed by atoms with van der Waals surface area (Å²) in [6.45, 7) is 3.87. The smallest absolute Gasteiger partial charge is 0.150 e. The topological polar surface area (TPSA) is 50.1 Å². The zero-order valence-electron chi connectivity index (χ0n) is 9.07. The number of aldehydes is 1. The lowest BCUT2D eigenvalue weighted by Gasteiger charge is -2.03. The molecule has 0 spiro atoms. The Morgan fingerprint density at radius 2 is 2.00 bits per heavy atom. The minimum Gasteiger partial charge on any atom is -0.495 e. The van der Waals surface area contributed by atoms with E-state index in [9.17, 15) is 4.79 Å².